The maximum atomic E-state index is 13.1. The quantitative estimate of drug-likeness (QED) is 0.0222. The predicted molar refractivity (Wildman–Crippen MR) is 395 cm³/mol. The summed E-state index contributed by atoms with van der Waals surface area (Å²) >= 11 is 0. The molecule has 0 aromatic carbocycles. The SMILES string of the molecule is CCCCCCCCCCCCCCCCCCCCCCCC(=O)O[C@H](COC(=O)CCCCCCCCCCCCCC(C)C)COP(=O)(O)OC[C@@H](O)COP(=O)(O)OC[C@@H](COC(=O)CCCCCCCCC(C)CC)OC(=O)CCCCCCCCCCCCCC. The van der Waals surface area contributed by atoms with Crippen molar-refractivity contribution in [3.8, 4) is 0 Å². The molecule has 0 spiro atoms. The van der Waals surface area contributed by atoms with E-state index in [2.05, 4.69) is 41.5 Å². The predicted octanol–water partition coefficient (Wildman–Crippen LogP) is 23.1. The molecular weight excluding hydrogens is 1270 g/mol. The van der Waals surface area contributed by atoms with Crippen LogP contribution in [-0.4, -0.2) is 96.7 Å². The molecule has 3 unspecified atom stereocenters. The van der Waals surface area contributed by atoms with E-state index in [0.717, 1.165) is 108 Å². The number of hydrogen-bond acceptors (Lipinski definition) is 15. The number of aliphatic hydroxyl groups is 1. The van der Waals surface area contributed by atoms with Crippen LogP contribution in [0.25, 0.3) is 0 Å². The largest absolute Gasteiger partial charge is 0.472 e. The van der Waals surface area contributed by atoms with Crippen LogP contribution in [0.1, 0.15) is 408 Å². The zero-order valence-electron chi connectivity index (χ0n) is 63.4. The first-order valence-electron chi connectivity index (χ1n) is 40.5. The van der Waals surface area contributed by atoms with E-state index < -0.39 is 97.5 Å². The summed E-state index contributed by atoms with van der Waals surface area (Å²) in [6.45, 7) is 9.57. The molecule has 0 amide bonds. The lowest BCUT2D eigenvalue weighted by Crippen LogP contribution is -2.30. The minimum atomic E-state index is -4.96. The molecule has 97 heavy (non-hydrogen) atoms. The molecule has 0 rings (SSSR count). The van der Waals surface area contributed by atoms with Crippen molar-refractivity contribution >= 4 is 39.5 Å². The molecule has 0 aliphatic heterocycles. The van der Waals surface area contributed by atoms with Gasteiger partial charge in [-0.2, -0.15) is 0 Å². The molecule has 0 aliphatic rings. The lowest BCUT2D eigenvalue weighted by molar-refractivity contribution is -0.161. The number of rotatable bonds is 77. The minimum Gasteiger partial charge on any atom is -0.462 e. The standard InChI is InChI=1S/C78H152O17P2/c1-7-10-12-14-16-18-20-22-23-24-25-26-27-28-29-30-34-39-43-51-57-63-78(83)94-73(66-88-75(80)60-54-48-41-37-35-31-32-36-40-46-52-58-70(4)5)68-92-96(84,85)90-64-72(79)65-91-97(86,87)93-69-74(67-89-76(81)61-55-49-45-44-47-53-59-71(6)9-3)95-77(82)62-56-50-42-38-33-21-19-17-15-13-11-8-2/h70-74,79H,7-69H2,1-6H3,(H,84,85)(H,86,87)/t71?,72-,73-,74-/m1/s1. The number of phosphoric acid groups is 2. The van der Waals surface area contributed by atoms with Gasteiger partial charge in [0.25, 0.3) is 0 Å². The van der Waals surface area contributed by atoms with Crippen molar-refractivity contribution in [1.29, 1.82) is 0 Å². The molecule has 0 radical (unpaired) electrons. The van der Waals surface area contributed by atoms with Gasteiger partial charge in [-0.15, -0.1) is 0 Å². The van der Waals surface area contributed by atoms with Crippen molar-refractivity contribution < 1.29 is 80.2 Å². The van der Waals surface area contributed by atoms with Gasteiger partial charge in [-0.05, 0) is 37.5 Å². The van der Waals surface area contributed by atoms with Crippen molar-refractivity contribution in [2.75, 3.05) is 39.6 Å². The zero-order chi connectivity index (χ0) is 71.4. The van der Waals surface area contributed by atoms with Crippen LogP contribution >= 0.6 is 15.6 Å². The van der Waals surface area contributed by atoms with E-state index in [0.29, 0.717) is 25.7 Å². The van der Waals surface area contributed by atoms with Crippen molar-refractivity contribution in [3.05, 3.63) is 0 Å². The molecule has 19 heteroatoms. The van der Waals surface area contributed by atoms with Crippen LogP contribution in [0.4, 0.5) is 0 Å². The van der Waals surface area contributed by atoms with Crippen molar-refractivity contribution in [1.82, 2.24) is 0 Å². The number of ether oxygens (including phenoxy) is 4. The van der Waals surface area contributed by atoms with Crippen LogP contribution in [0.5, 0.6) is 0 Å². The first-order valence-corrected chi connectivity index (χ1v) is 43.5. The van der Waals surface area contributed by atoms with E-state index in [4.69, 9.17) is 37.0 Å². The number of aliphatic hydroxyl groups excluding tert-OH is 1. The van der Waals surface area contributed by atoms with Crippen LogP contribution in [-0.2, 0) is 65.4 Å². The third-order valence-corrected chi connectivity index (χ3v) is 20.5. The Hall–Kier alpha value is -1.94. The molecule has 0 saturated heterocycles. The molecule has 0 aliphatic carbocycles. The Balaban J connectivity index is 5.21. The Morgan fingerprint density at radius 3 is 0.784 bits per heavy atom. The van der Waals surface area contributed by atoms with Gasteiger partial charge in [-0.1, -0.05) is 356 Å². The number of unbranched alkanes of at least 4 members (excludes halogenated alkanes) is 46. The van der Waals surface area contributed by atoms with Crippen molar-refractivity contribution in [2.45, 2.75) is 426 Å². The monoisotopic (exact) mass is 1420 g/mol. The van der Waals surface area contributed by atoms with Gasteiger partial charge < -0.3 is 33.8 Å². The van der Waals surface area contributed by atoms with Crippen LogP contribution in [0.3, 0.4) is 0 Å². The van der Waals surface area contributed by atoms with E-state index in [1.54, 1.807) is 0 Å². The molecule has 576 valence electrons. The average molecular weight is 1420 g/mol. The number of hydrogen-bond donors (Lipinski definition) is 3. The maximum Gasteiger partial charge on any atom is 0.472 e. The number of carbonyl (C=O) groups excluding carboxylic acids is 4. The lowest BCUT2D eigenvalue weighted by Gasteiger charge is -2.21. The molecule has 6 atom stereocenters. The van der Waals surface area contributed by atoms with Crippen LogP contribution < -0.4 is 0 Å². The fraction of sp³-hybridized carbons (Fsp3) is 0.949. The second kappa shape index (κ2) is 69.8. The highest BCUT2D eigenvalue weighted by atomic mass is 31.2. The fourth-order valence-corrected chi connectivity index (χ4v) is 13.6. The third-order valence-electron chi connectivity index (χ3n) is 18.6. The van der Waals surface area contributed by atoms with Gasteiger partial charge >= 0.3 is 39.5 Å². The Bertz CT molecular complexity index is 1870. The van der Waals surface area contributed by atoms with Gasteiger partial charge in [-0.3, -0.25) is 37.3 Å². The molecule has 17 nitrogen and oxygen atoms in total. The molecule has 0 fully saturated rings. The van der Waals surface area contributed by atoms with Gasteiger partial charge in [-0.25, -0.2) is 9.13 Å². The smallest absolute Gasteiger partial charge is 0.462 e. The molecule has 0 aromatic heterocycles. The molecule has 0 aromatic rings. The average Bonchev–Trinajstić information content (AvgIpc) is 1.99. The number of carbonyl (C=O) groups is 4. The zero-order valence-corrected chi connectivity index (χ0v) is 65.2. The van der Waals surface area contributed by atoms with E-state index in [1.807, 2.05) is 0 Å². The van der Waals surface area contributed by atoms with Crippen LogP contribution in [0.2, 0.25) is 0 Å². The van der Waals surface area contributed by atoms with Gasteiger partial charge in [0.1, 0.15) is 19.3 Å². The number of phosphoric ester groups is 2. The van der Waals surface area contributed by atoms with Gasteiger partial charge in [0, 0.05) is 25.7 Å². The molecule has 0 bridgehead atoms. The molecule has 0 heterocycles. The second-order valence-electron chi connectivity index (χ2n) is 28.8. The van der Waals surface area contributed by atoms with Gasteiger partial charge in [0.05, 0.1) is 26.4 Å². The summed E-state index contributed by atoms with van der Waals surface area (Å²) in [5.41, 5.74) is 0. The summed E-state index contributed by atoms with van der Waals surface area (Å²) in [6.07, 6.45) is 58.4. The maximum absolute atomic E-state index is 13.1. The van der Waals surface area contributed by atoms with E-state index in [-0.39, 0.29) is 25.7 Å². The summed E-state index contributed by atoms with van der Waals surface area (Å²) < 4.78 is 68.6. The summed E-state index contributed by atoms with van der Waals surface area (Å²) in [5.74, 6) is -0.612. The minimum absolute atomic E-state index is 0.107. The summed E-state index contributed by atoms with van der Waals surface area (Å²) in [6, 6.07) is 0. The van der Waals surface area contributed by atoms with Crippen molar-refractivity contribution in [2.24, 2.45) is 11.8 Å². The van der Waals surface area contributed by atoms with Crippen LogP contribution in [0, 0.1) is 11.8 Å². The normalized spacial score (nSPS) is 14.2. The summed E-state index contributed by atoms with van der Waals surface area (Å²) in [5, 5.41) is 10.6. The highest BCUT2D eigenvalue weighted by Crippen LogP contribution is 2.45. The molecule has 3 N–H and O–H groups in total. The Morgan fingerprint density at radius 2 is 0.526 bits per heavy atom. The van der Waals surface area contributed by atoms with Crippen LogP contribution in [0.15, 0.2) is 0 Å². The van der Waals surface area contributed by atoms with Crippen molar-refractivity contribution in [3.63, 3.8) is 0 Å². The van der Waals surface area contributed by atoms with E-state index in [9.17, 15) is 43.2 Å². The second-order valence-corrected chi connectivity index (χ2v) is 31.7. The molecule has 0 saturated carbocycles. The van der Waals surface area contributed by atoms with Gasteiger partial charge in [0.2, 0.25) is 0 Å². The third kappa shape index (κ3) is 70.9. The van der Waals surface area contributed by atoms with E-state index >= 15 is 0 Å². The topological polar surface area (TPSA) is 237 Å². The van der Waals surface area contributed by atoms with Gasteiger partial charge in [0.15, 0.2) is 12.2 Å². The first kappa shape index (κ1) is 95.1. The number of esters is 4. The summed E-state index contributed by atoms with van der Waals surface area (Å²) in [4.78, 5) is 72.9. The Labute approximate surface area is 594 Å². The Morgan fingerprint density at radius 1 is 0.299 bits per heavy atom. The highest BCUT2D eigenvalue weighted by molar-refractivity contribution is 7.47. The fourth-order valence-electron chi connectivity index (χ4n) is 12.0. The van der Waals surface area contributed by atoms with E-state index in [1.165, 1.54) is 218 Å². The Kier molecular flexibility index (Phi) is 68.4. The first-order chi connectivity index (χ1) is 46.9. The summed E-state index contributed by atoms with van der Waals surface area (Å²) in [7, 11) is -9.91. The highest BCUT2D eigenvalue weighted by Gasteiger charge is 2.30. The molecular formula is C78H152O17P2. The lowest BCUT2D eigenvalue weighted by atomic mass is 10.00.